The van der Waals surface area contributed by atoms with Crippen LogP contribution in [0.5, 0.6) is 0 Å². The van der Waals surface area contributed by atoms with Crippen LogP contribution in [-0.2, 0) is 99.9 Å². The van der Waals surface area contributed by atoms with Crippen LogP contribution < -0.4 is 5.32 Å². The minimum Gasteiger partial charge on any atom is -0.465 e. The van der Waals surface area contributed by atoms with Gasteiger partial charge in [-0.2, -0.15) is 0 Å². The summed E-state index contributed by atoms with van der Waals surface area (Å²) >= 11 is 0. The molecule has 1 amide bonds. The first-order chi connectivity index (χ1) is 46.2. The first kappa shape index (κ1) is 82.1. The first-order valence-corrected chi connectivity index (χ1v) is 34.0. The van der Waals surface area contributed by atoms with Gasteiger partial charge in [0, 0.05) is 59.4 Å². The van der Waals surface area contributed by atoms with Gasteiger partial charge in [0.25, 0.3) is 0 Å². The van der Waals surface area contributed by atoms with Gasteiger partial charge in [0.15, 0.2) is 28.7 Å². The zero-order valence-electron chi connectivity index (χ0n) is 62.4. The summed E-state index contributed by atoms with van der Waals surface area (Å²) in [6.45, 7) is 28.5. The summed E-state index contributed by atoms with van der Waals surface area (Å²) in [5.74, 6) is -8.34. The van der Waals surface area contributed by atoms with Crippen molar-refractivity contribution in [2.45, 2.75) is 258 Å². The Hall–Kier alpha value is -6.84. The third kappa shape index (κ3) is 17.8. The molecule has 1 aliphatic heterocycles. The quantitative estimate of drug-likeness (QED) is 0.0391. The molecule has 100 heavy (non-hydrogen) atoms. The van der Waals surface area contributed by atoms with Crippen molar-refractivity contribution in [2.24, 2.45) is 22.2 Å². The molecule has 2 saturated carbocycles. The number of fused-ring (bicyclic) bond motifs is 5. The molecule has 6 rings (SSSR count). The van der Waals surface area contributed by atoms with Crippen LogP contribution in [0.15, 0.2) is 71.8 Å². The SMILES string of the molecule is CO[C@H]1C(=O)[C@]2(C)[C@@H](OC)C[C@H]3OC[C@@]3(OC(C)=O)[C@H]2[C@H](OC(=O)c2ccccc2)[C@]2(O)C[C@H](OC(=O)[C@H](OC(=O)CCCC(=O)OCC(C)(COC(C)(C)C(=O)C(C)OC(C)(C)C(C)=O)C(=O)C(C)(C)OCCC(C)(C)OC)[C@@H](NC(=O)OC(C)(C)C)c3ccccc3)C(C)=C1C2(C)C. The molecule has 0 spiro atoms. The fraction of sp³-hybridized carbons (Fsp3) is 0.680. The third-order valence-corrected chi connectivity index (χ3v) is 20.4. The summed E-state index contributed by atoms with van der Waals surface area (Å²) in [4.78, 5) is 143. The van der Waals surface area contributed by atoms with Crippen LogP contribution in [-0.4, -0.2) is 194 Å². The number of benzene rings is 2. The lowest BCUT2D eigenvalue weighted by atomic mass is 9.44. The van der Waals surface area contributed by atoms with Crippen molar-refractivity contribution in [1.29, 1.82) is 0 Å². The summed E-state index contributed by atoms with van der Waals surface area (Å²) < 4.78 is 79.2. The smallest absolute Gasteiger partial charge is 0.408 e. The number of ketones is 4. The molecule has 4 aliphatic rings. The summed E-state index contributed by atoms with van der Waals surface area (Å²) in [6.07, 6.45) is -12.5. The largest absolute Gasteiger partial charge is 0.465 e. The molecule has 2 unspecified atom stereocenters. The predicted octanol–water partition coefficient (Wildman–Crippen LogP) is 9.15. The monoisotopic (exact) mass is 1410 g/mol. The van der Waals surface area contributed by atoms with Crippen molar-refractivity contribution in [3.63, 3.8) is 0 Å². The highest BCUT2D eigenvalue weighted by Crippen LogP contribution is 2.65. The maximum Gasteiger partial charge on any atom is 0.408 e. The van der Waals surface area contributed by atoms with Crippen LogP contribution in [0.1, 0.15) is 192 Å². The van der Waals surface area contributed by atoms with E-state index in [0.717, 1.165) is 0 Å². The van der Waals surface area contributed by atoms with Gasteiger partial charge in [-0.1, -0.05) is 62.4 Å². The summed E-state index contributed by atoms with van der Waals surface area (Å²) in [5.41, 5.74) is -14.6. The van der Waals surface area contributed by atoms with Crippen molar-refractivity contribution in [2.75, 3.05) is 47.8 Å². The van der Waals surface area contributed by atoms with Gasteiger partial charge in [0.1, 0.15) is 71.2 Å². The molecule has 1 saturated heterocycles. The number of nitrogens with one attached hydrogen (secondary N) is 1. The Morgan fingerprint density at radius 1 is 0.750 bits per heavy atom. The molecular formula is C75H107NO24. The van der Waals surface area contributed by atoms with E-state index < -0.39 is 196 Å². The highest BCUT2D eigenvalue weighted by atomic mass is 16.6. The molecule has 2 N–H and O–H groups in total. The van der Waals surface area contributed by atoms with Crippen LogP contribution in [0.4, 0.5) is 4.79 Å². The zero-order chi connectivity index (χ0) is 75.3. The normalized spacial score (nSPS) is 26.0. The van der Waals surface area contributed by atoms with E-state index in [1.165, 1.54) is 81.7 Å². The van der Waals surface area contributed by atoms with E-state index in [9.17, 15) is 43.5 Å². The lowest BCUT2D eigenvalue weighted by Crippen LogP contribution is -2.82. The number of methoxy groups -OCH3 is 3. The molecule has 13 atom stereocenters. The van der Waals surface area contributed by atoms with Crippen LogP contribution in [0, 0.1) is 22.2 Å². The van der Waals surface area contributed by atoms with Crippen molar-refractivity contribution < 1.29 is 115 Å². The Morgan fingerprint density at radius 3 is 1.89 bits per heavy atom. The topological polar surface area (TPSA) is 323 Å². The maximum atomic E-state index is 16.0. The number of aliphatic hydroxyl groups is 1. The second-order valence-corrected chi connectivity index (χ2v) is 30.9. The molecule has 2 bridgehead atoms. The minimum atomic E-state index is -2.40. The second-order valence-electron chi connectivity index (χ2n) is 30.9. The Kier molecular flexibility index (Phi) is 25.8. The number of carbonyl (C=O) groups excluding carboxylic acids is 10. The number of rotatable bonds is 32. The molecule has 2 aromatic carbocycles. The fourth-order valence-electron chi connectivity index (χ4n) is 14.2. The lowest BCUT2D eigenvalue weighted by Gasteiger charge is -2.67. The third-order valence-electron chi connectivity index (χ3n) is 20.4. The first-order valence-electron chi connectivity index (χ1n) is 34.0. The number of ether oxygens (including phenoxy) is 13. The van der Waals surface area contributed by atoms with E-state index in [2.05, 4.69) is 5.32 Å². The molecule has 0 aromatic heterocycles. The number of hydrogen-bond donors (Lipinski definition) is 2. The molecular weight excluding hydrogens is 1300 g/mol. The van der Waals surface area contributed by atoms with E-state index in [0.29, 0.717) is 6.42 Å². The maximum absolute atomic E-state index is 16.0. The van der Waals surface area contributed by atoms with Crippen molar-refractivity contribution in [3.8, 4) is 0 Å². The molecule has 2 aromatic rings. The van der Waals surface area contributed by atoms with Crippen molar-refractivity contribution in [1.82, 2.24) is 5.32 Å². The van der Waals surface area contributed by atoms with Crippen LogP contribution in [0.25, 0.3) is 0 Å². The van der Waals surface area contributed by atoms with E-state index in [1.54, 1.807) is 118 Å². The number of amides is 1. The second kappa shape index (κ2) is 31.4. The Balaban J connectivity index is 1.36. The number of carbonyl (C=O) groups is 10. The average molecular weight is 1410 g/mol. The predicted molar refractivity (Wildman–Crippen MR) is 361 cm³/mol. The highest BCUT2D eigenvalue weighted by molar-refractivity contribution is 5.95. The van der Waals surface area contributed by atoms with E-state index in [4.69, 9.17) is 61.6 Å². The van der Waals surface area contributed by atoms with Gasteiger partial charge < -0.3 is 72.0 Å². The Morgan fingerprint density at radius 2 is 1.35 bits per heavy atom. The lowest BCUT2D eigenvalue weighted by molar-refractivity contribution is -0.347. The number of alkyl carbamates (subject to hydrolysis) is 1. The van der Waals surface area contributed by atoms with E-state index >= 15 is 9.59 Å². The molecule has 1 heterocycles. The van der Waals surface area contributed by atoms with Gasteiger partial charge in [-0.05, 0) is 152 Å². The minimum absolute atomic E-state index is 0.0378. The molecule has 0 radical (unpaired) electrons. The molecule has 25 heteroatoms. The molecule has 556 valence electrons. The van der Waals surface area contributed by atoms with Gasteiger partial charge >= 0.3 is 35.9 Å². The van der Waals surface area contributed by atoms with Gasteiger partial charge in [-0.3, -0.25) is 33.6 Å². The highest BCUT2D eigenvalue weighted by Gasteiger charge is 2.78. The zero-order valence-corrected chi connectivity index (χ0v) is 62.4. The van der Waals surface area contributed by atoms with E-state index in [1.807, 2.05) is 13.8 Å². The van der Waals surface area contributed by atoms with Gasteiger partial charge in [0.2, 0.25) is 6.10 Å². The molecule has 3 aliphatic carbocycles. The Bertz CT molecular complexity index is 3370. The molecule has 3 fully saturated rings. The van der Waals surface area contributed by atoms with Crippen LogP contribution in [0.2, 0.25) is 0 Å². The number of esters is 5. The van der Waals surface area contributed by atoms with Crippen LogP contribution >= 0.6 is 0 Å². The van der Waals surface area contributed by atoms with Crippen LogP contribution in [0.3, 0.4) is 0 Å². The van der Waals surface area contributed by atoms with Gasteiger partial charge in [0.05, 0.1) is 53.8 Å². The summed E-state index contributed by atoms with van der Waals surface area (Å²) in [5, 5.41) is 16.9. The van der Waals surface area contributed by atoms with Crippen molar-refractivity contribution in [3.05, 3.63) is 82.9 Å². The summed E-state index contributed by atoms with van der Waals surface area (Å²) in [6, 6.07) is 14.3. The number of Topliss-reactive ketones (excluding diaryl/α,β-unsaturated/α-hetero) is 4. The standard InChI is InChI=1S/C75H107NO24/c1-43-49(39-75(87)61(97-62(83)48-32-27-24-28-33-48)58-73(19,60(82)56(89-21)54(43)68(75,10)11)50(88-20)38-51-74(58,42-91-51)99-46(4)78)95-63(84)57(55(47-30-25-23-26-31-47)76-65(86)100-66(5,6)7)96-53(80)35-29-34-52(79)92-40-72(18,64(85)71(16,17)93-37-36-67(8,9)90-22)41-94-70(14,15)59(81)44(2)98-69(12,13)45(3)77/h23-28,30-33,44,49-51,55-58,61,87H,29,34-42H2,1-22H3,(H,76,86)/t44?,49-,50-,51+,55-,56+,57+,58-,61-,72?,73+,74-,75+/m0/s1. The average Bonchev–Trinajstić information content (AvgIpc) is 0.668. The Labute approximate surface area is 587 Å². The van der Waals surface area contributed by atoms with Crippen molar-refractivity contribution >= 4 is 59.1 Å². The van der Waals surface area contributed by atoms with Gasteiger partial charge in [-0.25, -0.2) is 14.4 Å². The fourth-order valence-corrected chi connectivity index (χ4v) is 14.2. The summed E-state index contributed by atoms with van der Waals surface area (Å²) in [7, 11) is 4.26. The van der Waals surface area contributed by atoms with Gasteiger partial charge in [-0.15, -0.1) is 0 Å². The molecule has 25 nitrogen and oxygen atoms in total. The van der Waals surface area contributed by atoms with E-state index in [-0.39, 0.29) is 54.1 Å². The number of hydrogen-bond acceptors (Lipinski definition) is 24.